The molecule has 0 aliphatic heterocycles. The van der Waals surface area contributed by atoms with E-state index in [1.54, 1.807) is 0 Å². The summed E-state index contributed by atoms with van der Waals surface area (Å²) < 4.78 is 9.81. The van der Waals surface area contributed by atoms with Gasteiger partial charge < -0.3 is 9.47 Å². The first-order valence-electron chi connectivity index (χ1n) is 7.89. The minimum Gasteiger partial charge on any atom is -0.465 e. The fourth-order valence-corrected chi connectivity index (χ4v) is 0.968. The molecule has 0 aromatic heterocycles. The van der Waals surface area contributed by atoms with Gasteiger partial charge in [-0.3, -0.25) is 20.1 Å². The van der Waals surface area contributed by atoms with Crippen molar-refractivity contribution < 1.29 is 29.6 Å². The van der Waals surface area contributed by atoms with Crippen molar-refractivity contribution in [3.8, 4) is 0 Å². The molecule has 0 saturated carbocycles. The van der Waals surface area contributed by atoms with Gasteiger partial charge in [0.2, 0.25) is 0 Å². The Morgan fingerprint density at radius 3 is 1.23 bits per heavy atom. The molecule has 0 heterocycles. The van der Waals surface area contributed by atoms with Gasteiger partial charge in [-0.2, -0.15) is 0 Å². The number of hydrogen-bond donors (Lipinski definition) is 2. The van der Waals surface area contributed by atoms with Crippen LogP contribution in [0, 0.1) is 11.8 Å². The van der Waals surface area contributed by atoms with Gasteiger partial charge in [-0.05, 0) is 12.8 Å². The molecule has 0 spiro atoms. The lowest BCUT2D eigenvalue weighted by Crippen LogP contribution is -2.12. The van der Waals surface area contributed by atoms with Crippen molar-refractivity contribution in [3.05, 3.63) is 0 Å². The van der Waals surface area contributed by atoms with E-state index >= 15 is 0 Å². The van der Waals surface area contributed by atoms with Crippen LogP contribution in [0.25, 0.3) is 0 Å². The van der Waals surface area contributed by atoms with Crippen LogP contribution in [0.15, 0.2) is 0 Å². The Balaban J connectivity index is -0.000000294. The van der Waals surface area contributed by atoms with Crippen LogP contribution in [0.3, 0.4) is 0 Å². The van der Waals surface area contributed by atoms with Crippen molar-refractivity contribution in [2.24, 2.45) is 11.8 Å². The minimum absolute atomic E-state index is 0.0110. The molecule has 22 heavy (non-hydrogen) atoms. The number of carbonyl (C=O) groups excluding carboxylic acids is 2. The standard InChI is InChI=1S/2C8H16O2.H2O2/c2*1-4-5-6-10-8(9)7(2)3;1-2/h2*7H,4-6H2,1-3H3;1-2H. The Bertz CT molecular complexity index is 225. The first-order chi connectivity index (χ1) is 10.4. The minimum atomic E-state index is -0.0894. The van der Waals surface area contributed by atoms with Gasteiger partial charge in [-0.25, -0.2) is 0 Å². The molecule has 0 atom stereocenters. The van der Waals surface area contributed by atoms with Crippen LogP contribution >= 0.6 is 0 Å². The number of rotatable bonds is 8. The van der Waals surface area contributed by atoms with Crippen LogP contribution in [0.1, 0.15) is 67.2 Å². The quantitative estimate of drug-likeness (QED) is 0.304. The lowest BCUT2D eigenvalue weighted by molar-refractivity contribution is -0.176. The van der Waals surface area contributed by atoms with Crippen molar-refractivity contribution in [1.82, 2.24) is 0 Å². The molecule has 0 aromatic rings. The zero-order valence-electron chi connectivity index (χ0n) is 14.9. The van der Waals surface area contributed by atoms with Crippen LogP contribution < -0.4 is 0 Å². The third-order valence-electron chi connectivity index (χ3n) is 2.43. The van der Waals surface area contributed by atoms with Gasteiger partial charge in [0.25, 0.3) is 0 Å². The molecule has 0 saturated heterocycles. The van der Waals surface area contributed by atoms with E-state index in [-0.39, 0.29) is 23.8 Å². The summed E-state index contributed by atoms with van der Waals surface area (Å²) >= 11 is 0. The third-order valence-corrected chi connectivity index (χ3v) is 2.43. The normalized spacial score (nSPS) is 9.36. The molecule has 2 N–H and O–H groups in total. The van der Waals surface area contributed by atoms with Gasteiger partial charge in [0.15, 0.2) is 0 Å². The molecule has 0 amide bonds. The van der Waals surface area contributed by atoms with Gasteiger partial charge in [-0.15, -0.1) is 0 Å². The van der Waals surface area contributed by atoms with E-state index in [1.807, 2.05) is 27.7 Å². The van der Waals surface area contributed by atoms with E-state index in [1.165, 1.54) is 0 Å². The maximum absolute atomic E-state index is 10.8. The van der Waals surface area contributed by atoms with E-state index in [2.05, 4.69) is 13.8 Å². The molecular weight excluding hydrogens is 288 g/mol. The molecule has 0 fully saturated rings. The highest BCUT2D eigenvalue weighted by molar-refractivity contribution is 5.71. The fourth-order valence-electron chi connectivity index (χ4n) is 0.968. The molecular formula is C16H34O6. The highest BCUT2D eigenvalue weighted by Crippen LogP contribution is 1.98. The van der Waals surface area contributed by atoms with Crippen molar-refractivity contribution in [2.45, 2.75) is 67.2 Å². The van der Waals surface area contributed by atoms with Crippen LogP contribution in [0.4, 0.5) is 0 Å². The van der Waals surface area contributed by atoms with E-state index in [4.69, 9.17) is 20.0 Å². The summed E-state index contributed by atoms with van der Waals surface area (Å²) in [7, 11) is 0. The van der Waals surface area contributed by atoms with Crippen molar-refractivity contribution in [2.75, 3.05) is 13.2 Å². The Morgan fingerprint density at radius 2 is 1.05 bits per heavy atom. The molecule has 6 heteroatoms. The maximum atomic E-state index is 10.8. The summed E-state index contributed by atoms with van der Waals surface area (Å²) in [6.45, 7) is 12.7. The van der Waals surface area contributed by atoms with Crippen molar-refractivity contribution in [1.29, 1.82) is 0 Å². The fraction of sp³-hybridized carbons (Fsp3) is 0.875. The lowest BCUT2D eigenvalue weighted by atomic mass is 10.2. The van der Waals surface area contributed by atoms with Gasteiger partial charge >= 0.3 is 11.9 Å². The van der Waals surface area contributed by atoms with Crippen LogP contribution in [-0.4, -0.2) is 35.7 Å². The zero-order valence-corrected chi connectivity index (χ0v) is 14.9. The maximum Gasteiger partial charge on any atom is 0.308 e. The Kier molecular flexibility index (Phi) is 23.3. The Hall–Kier alpha value is -1.14. The van der Waals surface area contributed by atoms with Gasteiger partial charge in [0.05, 0.1) is 25.0 Å². The molecule has 0 rings (SSSR count). The molecule has 0 bridgehead atoms. The van der Waals surface area contributed by atoms with E-state index in [0.717, 1.165) is 25.7 Å². The monoisotopic (exact) mass is 322 g/mol. The number of esters is 2. The molecule has 6 nitrogen and oxygen atoms in total. The molecule has 0 radical (unpaired) electrons. The van der Waals surface area contributed by atoms with E-state index in [9.17, 15) is 9.59 Å². The third kappa shape index (κ3) is 21.2. The van der Waals surface area contributed by atoms with E-state index < -0.39 is 0 Å². The van der Waals surface area contributed by atoms with Crippen LogP contribution in [0.5, 0.6) is 0 Å². The lowest BCUT2D eigenvalue weighted by Gasteiger charge is -2.04. The SMILES string of the molecule is CCCCOC(=O)C(C)C.CCCCOC(=O)C(C)C.OO. The van der Waals surface area contributed by atoms with Crippen LogP contribution in [-0.2, 0) is 19.1 Å². The highest BCUT2D eigenvalue weighted by Gasteiger charge is 2.06. The van der Waals surface area contributed by atoms with Crippen LogP contribution in [0.2, 0.25) is 0 Å². The molecule has 0 aliphatic rings. The van der Waals surface area contributed by atoms with Gasteiger partial charge in [0, 0.05) is 0 Å². The topological polar surface area (TPSA) is 93.1 Å². The molecule has 134 valence electrons. The van der Waals surface area contributed by atoms with Crippen molar-refractivity contribution >= 4 is 11.9 Å². The summed E-state index contributed by atoms with van der Waals surface area (Å²) in [4.78, 5) is 21.6. The second kappa shape index (κ2) is 19.9. The average Bonchev–Trinajstić information content (AvgIpc) is 2.50. The number of unbranched alkanes of at least 4 members (excludes halogenated alkanes) is 2. The molecule has 0 aliphatic carbocycles. The summed E-state index contributed by atoms with van der Waals surface area (Å²) in [5, 5.41) is 12.0. The average molecular weight is 322 g/mol. The first kappa shape index (κ1) is 25.8. The van der Waals surface area contributed by atoms with Gasteiger partial charge in [0.1, 0.15) is 0 Å². The second-order valence-electron chi connectivity index (χ2n) is 5.35. The Morgan fingerprint density at radius 1 is 0.773 bits per heavy atom. The van der Waals surface area contributed by atoms with Gasteiger partial charge in [-0.1, -0.05) is 54.4 Å². The summed E-state index contributed by atoms with van der Waals surface area (Å²) in [6.07, 6.45) is 4.09. The number of hydrogen-bond acceptors (Lipinski definition) is 6. The zero-order chi connectivity index (χ0) is 18.0. The summed E-state index contributed by atoms with van der Waals surface area (Å²) in [6, 6.07) is 0. The first-order valence-corrected chi connectivity index (χ1v) is 7.89. The Labute approximate surface area is 134 Å². The van der Waals surface area contributed by atoms with Crippen molar-refractivity contribution in [3.63, 3.8) is 0 Å². The largest absolute Gasteiger partial charge is 0.465 e. The summed E-state index contributed by atoms with van der Waals surface area (Å²) in [5.74, 6) is -0.157. The smallest absolute Gasteiger partial charge is 0.308 e. The number of ether oxygens (including phenoxy) is 2. The molecule has 0 aromatic carbocycles. The second-order valence-corrected chi connectivity index (χ2v) is 5.35. The predicted molar refractivity (Wildman–Crippen MR) is 86.7 cm³/mol. The predicted octanol–water partition coefficient (Wildman–Crippen LogP) is 3.99. The molecule has 0 unspecified atom stereocenters. The highest BCUT2D eigenvalue weighted by atomic mass is 17.0. The van der Waals surface area contributed by atoms with E-state index in [0.29, 0.717) is 13.2 Å². The summed E-state index contributed by atoms with van der Waals surface area (Å²) in [5.41, 5.74) is 0. The number of carbonyl (C=O) groups is 2.